The number of allylic oxidation sites excluding steroid dienone is 3. The van der Waals surface area contributed by atoms with Gasteiger partial charge in [-0.25, -0.2) is 22.8 Å². The summed E-state index contributed by atoms with van der Waals surface area (Å²) in [4.78, 5) is 65.3. The third-order valence-corrected chi connectivity index (χ3v) is 19.1. The molecule has 6 heterocycles. The number of hydrogen-bond donors (Lipinski definition) is 3. The van der Waals surface area contributed by atoms with Crippen LogP contribution in [0.5, 0.6) is 0 Å². The number of pyridine rings is 1. The summed E-state index contributed by atoms with van der Waals surface area (Å²) in [6.07, 6.45) is 7.49. The van der Waals surface area contributed by atoms with Gasteiger partial charge in [-0.3, -0.25) is 19.4 Å². The number of carbonyl (C=O) groups excluding carboxylic acids is 4. The van der Waals surface area contributed by atoms with Crippen LogP contribution in [0.3, 0.4) is 0 Å². The molecule has 6 bridgehead atoms. The summed E-state index contributed by atoms with van der Waals surface area (Å²) in [7, 11) is 0.236. The number of ether oxygens (including phenoxy) is 3. The van der Waals surface area contributed by atoms with E-state index in [1.54, 1.807) is 38.6 Å². The highest BCUT2D eigenvalue weighted by atomic mass is 32.2. The Morgan fingerprint density at radius 3 is 2.49 bits per heavy atom. The van der Waals surface area contributed by atoms with Gasteiger partial charge in [-0.2, -0.15) is 5.10 Å². The van der Waals surface area contributed by atoms with E-state index in [1.807, 2.05) is 32.2 Å². The van der Waals surface area contributed by atoms with Gasteiger partial charge < -0.3 is 39.8 Å². The Bertz CT molecular complexity index is 3640. The van der Waals surface area contributed by atoms with Gasteiger partial charge in [0.15, 0.2) is 29.1 Å². The number of aliphatic hydroxyl groups is 1. The van der Waals surface area contributed by atoms with Crippen molar-refractivity contribution in [2.45, 2.75) is 122 Å². The average molecular weight is 1150 g/mol. The van der Waals surface area contributed by atoms with Gasteiger partial charge in [0.1, 0.15) is 41.5 Å². The molecule has 2 aromatic heterocycles. The van der Waals surface area contributed by atoms with Crippen LogP contribution in [0.25, 0.3) is 33.3 Å². The maximum atomic E-state index is 15.0. The van der Waals surface area contributed by atoms with Crippen LogP contribution in [-0.2, 0) is 56.3 Å². The monoisotopic (exact) mass is 1150 g/mol. The predicted molar refractivity (Wildman–Crippen MR) is 317 cm³/mol. The van der Waals surface area contributed by atoms with Gasteiger partial charge in [0.25, 0.3) is 11.8 Å². The summed E-state index contributed by atoms with van der Waals surface area (Å²) in [5, 5.41) is 21.6. The molecule has 3 amide bonds. The highest BCUT2D eigenvalue weighted by molar-refractivity contribution is 7.92. The number of esters is 1. The number of methoxy groups -OCH3 is 1. The number of carbonyl (C=O) groups is 4. The number of rotatable bonds is 11. The van der Waals surface area contributed by atoms with Gasteiger partial charge in [-0.1, -0.05) is 76.2 Å². The maximum Gasteiger partial charge on any atom is 0.354 e. The fourth-order valence-electron chi connectivity index (χ4n) is 13.4. The van der Waals surface area contributed by atoms with E-state index >= 15 is 4.79 Å². The Balaban J connectivity index is 0.966. The lowest BCUT2D eigenvalue weighted by molar-refractivity contribution is -0.536. The number of fused-ring (bicyclic) bond motifs is 6. The first-order valence-corrected chi connectivity index (χ1v) is 30.8. The predicted octanol–water partition coefficient (Wildman–Crippen LogP) is 8.12. The van der Waals surface area contributed by atoms with E-state index in [0.29, 0.717) is 50.3 Å². The summed E-state index contributed by atoms with van der Waals surface area (Å²) < 4.78 is 47.4. The van der Waals surface area contributed by atoms with Gasteiger partial charge in [0.2, 0.25) is 5.91 Å². The molecule has 0 saturated carbocycles. The average Bonchev–Trinajstić information content (AvgIpc) is 1.87. The molecule has 4 aliphatic heterocycles. The van der Waals surface area contributed by atoms with Crippen LogP contribution in [0, 0.1) is 11.3 Å². The molecular formula is C64H75N8O10S+. The maximum absolute atomic E-state index is 15.0. The molecule has 11 rings (SSSR count). The zero-order chi connectivity index (χ0) is 58.6. The number of aryl methyl sites for hydroxylation is 1. The standard InChI is InChI=1S/C64H74N8O10S/c1-8-71-52-20-17-42-32-48(52)53-54(59(80-7)55-49(57(53)71)33-44(34-66-55)40-13-11-38(12-14-40)35-70-23-26-83(78,79)27-24-70)64(4,5)36-82-63(77)50-10-9-22-72(68-50)61(75)51(30-39-28-43(42)31-46(73)29-39)67-60(74)56(37(2)3)69(6)62(76)58-47(21-25-81-58)41-15-18-45(65)19-16-41/h11-20,23,28-29,32-34,37,43,47,51,54,56,58-59H,8-10,21-22,24-27,30-31,35-36,65H2,1-7H3,(H-,67,73,74)/p+1/t43?,47-,51+,54?,56+,58-,59+/m1/s1. The summed E-state index contributed by atoms with van der Waals surface area (Å²) in [5.74, 6) is -3.18. The summed E-state index contributed by atoms with van der Waals surface area (Å²) in [6.45, 7) is 12.1. The first-order valence-electron chi connectivity index (χ1n) is 29.0. The lowest BCUT2D eigenvalue weighted by atomic mass is 9.67. The SMILES string of the molecule is CCn1c2c3c4cc(ccc41)C1C=C(C=C(O)C1)C[C@H](NC(=O)[C@H](C(C)C)N(C)C(=O)[C@@H]1OCC[C@@H]1c1ccc(N)cc1)C(=O)N1CCCC(=N1)C(=O)OCC(C)(C)C3[C@H](OC)c1ncc(-c3ccc(C[N+]4=CCS(=O)(=O)CC4)cc3)cc1-2. The number of hydrazone groups is 1. The molecule has 3 aromatic carbocycles. The first-order chi connectivity index (χ1) is 39.7. The fraction of sp³-hybridized carbons (Fsp3) is 0.453. The molecular weight excluding hydrogens is 1070 g/mol. The lowest BCUT2D eigenvalue weighted by Gasteiger charge is -2.42. The number of nitrogens with zero attached hydrogens (tertiary/aromatic N) is 6. The number of sulfone groups is 1. The second kappa shape index (κ2) is 22.9. The molecule has 436 valence electrons. The van der Waals surface area contributed by atoms with Crippen molar-refractivity contribution in [2.75, 3.05) is 57.7 Å². The van der Waals surface area contributed by atoms with E-state index in [9.17, 15) is 27.9 Å². The molecule has 83 heavy (non-hydrogen) atoms. The van der Waals surface area contributed by atoms with Gasteiger partial charge in [0.05, 0.1) is 23.8 Å². The van der Waals surface area contributed by atoms with Crippen molar-refractivity contribution < 1.29 is 51.5 Å². The molecule has 19 heteroatoms. The van der Waals surface area contributed by atoms with Crippen LogP contribution >= 0.6 is 0 Å². The number of cyclic esters (lactones) is 1. The van der Waals surface area contributed by atoms with E-state index < -0.39 is 63.2 Å². The van der Waals surface area contributed by atoms with E-state index in [4.69, 9.17) is 24.9 Å². The van der Waals surface area contributed by atoms with Gasteiger partial charge >= 0.3 is 5.97 Å². The third-order valence-electron chi connectivity index (χ3n) is 17.7. The molecule has 2 aliphatic carbocycles. The zero-order valence-electron chi connectivity index (χ0n) is 48.3. The Morgan fingerprint density at radius 2 is 1.78 bits per heavy atom. The number of amides is 3. The number of nitrogens with one attached hydrogen (secondary N) is 1. The second-order valence-corrected chi connectivity index (χ2v) is 26.4. The molecule has 1 saturated heterocycles. The molecule has 4 N–H and O–H groups in total. The normalized spacial score (nSPS) is 24.4. The van der Waals surface area contributed by atoms with Gasteiger partial charge in [-0.05, 0) is 89.9 Å². The fourth-order valence-corrected chi connectivity index (χ4v) is 14.5. The van der Waals surface area contributed by atoms with E-state index in [0.717, 1.165) is 61.2 Å². The topological polar surface area (TPSA) is 228 Å². The first kappa shape index (κ1) is 57.3. The highest BCUT2D eigenvalue weighted by Gasteiger charge is 2.48. The van der Waals surface area contributed by atoms with Crippen LogP contribution in [-0.4, -0.2) is 143 Å². The zero-order valence-corrected chi connectivity index (χ0v) is 49.2. The smallest absolute Gasteiger partial charge is 0.354 e. The molecule has 2 unspecified atom stereocenters. The molecule has 18 nitrogen and oxygen atoms in total. The van der Waals surface area contributed by atoms with Crippen molar-refractivity contribution in [1.29, 1.82) is 0 Å². The molecule has 7 atom stereocenters. The molecule has 5 aromatic rings. The molecule has 0 radical (unpaired) electrons. The van der Waals surface area contributed by atoms with Crippen LogP contribution in [0.1, 0.15) is 119 Å². The van der Waals surface area contributed by atoms with Crippen LogP contribution in [0.15, 0.2) is 108 Å². The number of nitrogens with two attached hydrogens (primary N) is 1. The van der Waals surface area contributed by atoms with Crippen molar-refractivity contribution in [2.24, 2.45) is 16.4 Å². The van der Waals surface area contributed by atoms with Crippen molar-refractivity contribution >= 4 is 62.0 Å². The van der Waals surface area contributed by atoms with Crippen LogP contribution < -0.4 is 11.1 Å². The van der Waals surface area contributed by atoms with E-state index in [-0.39, 0.29) is 79.1 Å². The highest BCUT2D eigenvalue weighted by Crippen LogP contribution is 2.57. The van der Waals surface area contributed by atoms with E-state index in [2.05, 4.69) is 94.9 Å². The van der Waals surface area contributed by atoms with Gasteiger partial charge in [0, 0.05) is 116 Å². The number of anilines is 1. The summed E-state index contributed by atoms with van der Waals surface area (Å²) in [6, 6.07) is 22.0. The van der Waals surface area contributed by atoms with Crippen LogP contribution in [0.2, 0.25) is 0 Å². The number of nitrogen functional groups attached to an aromatic ring is 1. The minimum Gasteiger partial charge on any atom is -0.512 e. The number of aromatic nitrogens is 2. The molecule has 1 fully saturated rings. The van der Waals surface area contributed by atoms with E-state index in [1.165, 1.54) is 9.91 Å². The molecule has 0 spiro atoms. The summed E-state index contributed by atoms with van der Waals surface area (Å²) >= 11 is 0. The van der Waals surface area contributed by atoms with Crippen molar-refractivity contribution in [3.8, 4) is 22.4 Å². The Hall–Kier alpha value is -7.48. The minimum absolute atomic E-state index is 0.0295. The number of benzene rings is 3. The van der Waals surface area contributed by atoms with Crippen LogP contribution in [0.4, 0.5) is 5.69 Å². The summed E-state index contributed by atoms with van der Waals surface area (Å²) in [5.41, 5.74) is 15.9. The Kier molecular flexibility index (Phi) is 15.8. The Labute approximate surface area is 485 Å². The van der Waals surface area contributed by atoms with Crippen molar-refractivity contribution in [1.82, 2.24) is 24.8 Å². The lowest BCUT2D eigenvalue weighted by Crippen LogP contribution is -2.57. The number of hydrogen-bond acceptors (Lipinski definition) is 13. The third kappa shape index (κ3) is 11.3. The second-order valence-electron chi connectivity index (χ2n) is 24.2. The number of likely N-dealkylation sites (N-methyl/N-ethyl adjacent to an activating group) is 1. The van der Waals surface area contributed by atoms with Crippen molar-refractivity contribution in [3.05, 3.63) is 130 Å². The minimum atomic E-state index is -3.04. The largest absolute Gasteiger partial charge is 0.512 e. The van der Waals surface area contributed by atoms with Gasteiger partial charge in [-0.15, -0.1) is 0 Å². The quantitative estimate of drug-likeness (QED) is 0.0647. The Morgan fingerprint density at radius 1 is 1.02 bits per heavy atom. The van der Waals surface area contributed by atoms with Crippen molar-refractivity contribution in [3.63, 3.8) is 0 Å². The molecule has 6 aliphatic rings. The number of aliphatic hydroxyl groups excluding tert-OH is 1.